The summed E-state index contributed by atoms with van der Waals surface area (Å²) in [5, 5.41) is 0.162. The van der Waals surface area contributed by atoms with Crippen LogP contribution in [0.5, 0.6) is 5.75 Å². The molecule has 0 radical (unpaired) electrons. The van der Waals surface area contributed by atoms with Crippen LogP contribution in [-0.4, -0.2) is 19.2 Å². The Labute approximate surface area is 126 Å². The van der Waals surface area contributed by atoms with Crippen LogP contribution in [0.2, 0.25) is 5.02 Å². The van der Waals surface area contributed by atoms with E-state index in [9.17, 15) is 13.6 Å². The monoisotopic (exact) mass is 329 g/mol. The summed E-state index contributed by atoms with van der Waals surface area (Å²) in [6.45, 7) is -1.12. The van der Waals surface area contributed by atoms with Crippen molar-refractivity contribution in [3.8, 4) is 5.75 Å². The molecule has 4 nitrogen and oxygen atoms in total. The highest BCUT2D eigenvalue weighted by Gasteiger charge is 2.21. The third kappa shape index (κ3) is 5.48. The molecule has 0 spiro atoms. The number of alkyl halides is 2. The van der Waals surface area contributed by atoms with Gasteiger partial charge in [-0.05, 0) is 19.1 Å². The first-order chi connectivity index (χ1) is 8.95. The Kier molecular flexibility index (Phi) is 8.45. The molecule has 1 atom stereocenters. The Morgan fingerprint density at radius 2 is 2.10 bits per heavy atom. The van der Waals surface area contributed by atoms with Crippen molar-refractivity contribution in [2.24, 2.45) is 5.73 Å². The maximum atomic E-state index is 12.3. The molecule has 0 aliphatic rings. The van der Waals surface area contributed by atoms with Gasteiger partial charge >= 0.3 is 12.6 Å². The van der Waals surface area contributed by atoms with E-state index in [2.05, 4.69) is 4.74 Å². The van der Waals surface area contributed by atoms with Gasteiger partial charge in [0.15, 0.2) is 0 Å². The average molecular weight is 330 g/mol. The van der Waals surface area contributed by atoms with Gasteiger partial charge in [0, 0.05) is 16.6 Å². The van der Waals surface area contributed by atoms with Crippen molar-refractivity contribution in [1.29, 1.82) is 0 Å². The smallest absolute Gasteiger partial charge is 0.387 e. The number of nitrogens with two attached hydrogens (primary N) is 1. The molecule has 1 aromatic rings. The summed E-state index contributed by atoms with van der Waals surface area (Å²) in [7, 11) is 0. The SMILES string of the molecule is CCOC(=O)C[C@@H](N)c1c(Cl)cccc1OC(F)F.Cl. The highest BCUT2D eigenvalue weighted by Crippen LogP contribution is 2.33. The number of carbonyl (C=O) groups is 1. The lowest BCUT2D eigenvalue weighted by molar-refractivity contribution is -0.143. The van der Waals surface area contributed by atoms with E-state index in [4.69, 9.17) is 22.1 Å². The van der Waals surface area contributed by atoms with Gasteiger partial charge in [0.25, 0.3) is 0 Å². The zero-order chi connectivity index (χ0) is 14.4. The average Bonchev–Trinajstić information content (AvgIpc) is 2.27. The van der Waals surface area contributed by atoms with E-state index < -0.39 is 18.6 Å². The molecule has 0 heterocycles. The number of ether oxygens (including phenoxy) is 2. The van der Waals surface area contributed by atoms with Crippen LogP contribution >= 0.6 is 24.0 Å². The molecule has 2 N–H and O–H groups in total. The molecule has 1 aromatic carbocycles. The second-order valence-electron chi connectivity index (χ2n) is 3.65. The van der Waals surface area contributed by atoms with Gasteiger partial charge in [0.05, 0.1) is 13.0 Å². The van der Waals surface area contributed by atoms with E-state index in [0.717, 1.165) is 0 Å². The lowest BCUT2D eigenvalue weighted by Crippen LogP contribution is -2.19. The summed E-state index contributed by atoms with van der Waals surface area (Å²) < 4.78 is 33.6. The van der Waals surface area contributed by atoms with Gasteiger partial charge < -0.3 is 15.2 Å². The van der Waals surface area contributed by atoms with Gasteiger partial charge in [0.2, 0.25) is 0 Å². The minimum atomic E-state index is -2.99. The first kappa shape index (κ1) is 18.9. The van der Waals surface area contributed by atoms with E-state index in [0.29, 0.717) is 0 Å². The van der Waals surface area contributed by atoms with Crippen molar-refractivity contribution < 1.29 is 23.0 Å². The molecule has 0 aliphatic carbocycles. The van der Waals surface area contributed by atoms with Crippen LogP contribution in [0.15, 0.2) is 18.2 Å². The van der Waals surface area contributed by atoms with Crippen LogP contribution in [-0.2, 0) is 9.53 Å². The molecule has 0 fully saturated rings. The van der Waals surface area contributed by atoms with E-state index in [-0.39, 0.29) is 41.8 Å². The molecule has 114 valence electrons. The van der Waals surface area contributed by atoms with Crippen LogP contribution in [0, 0.1) is 0 Å². The van der Waals surface area contributed by atoms with Crippen molar-refractivity contribution in [3.05, 3.63) is 28.8 Å². The standard InChI is InChI=1S/C12H14ClF2NO3.ClH/c1-2-18-10(17)6-8(16)11-7(13)4-3-5-9(11)19-12(14)15;/h3-5,8,12H,2,6,16H2,1H3;1H/t8-;/m1./s1. The predicted molar refractivity (Wildman–Crippen MR) is 73.5 cm³/mol. The second kappa shape index (κ2) is 8.94. The van der Waals surface area contributed by atoms with Gasteiger partial charge in [-0.3, -0.25) is 4.79 Å². The first-order valence-corrected chi connectivity index (χ1v) is 5.98. The van der Waals surface area contributed by atoms with Crippen molar-refractivity contribution in [3.63, 3.8) is 0 Å². The lowest BCUT2D eigenvalue weighted by atomic mass is 10.0. The fourth-order valence-corrected chi connectivity index (χ4v) is 1.88. The zero-order valence-electron chi connectivity index (χ0n) is 10.6. The lowest BCUT2D eigenvalue weighted by Gasteiger charge is -2.17. The molecule has 0 saturated carbocycles. The van der Waals surface area contributed by atoms with Crippen molar-refractivity contribution in [2.75, 3.05) is 6.61 Å². The minimum absolute atomic E-state index is 0. The van der Waals surface area contributed by atoms with Crippen molar-refractivity contribution in [1.82, 2.24) is 0 Å². The van der Waals surface area contributed by atoms with Crippen molar-refractivity contribution in [2.45, 2.75) is 26.0 Å². The van der Waals surface area contributed by atoms with Crippen molar-refractivity contribution >= 4 is 30.0 Å². The Hall–Kier alpha value is -1.11. The fraction of sp³-hybridized carbons (Fsp3) is 0.417. The summed E-state index contributed by atoms with van der Waals surface area (Å²) in [4.78, 5) is 11.3. The molecule has 1 rings (SSSR count). The second-order valence-corrected chi connectivity index (χ2v) is 4.05. The van der Waals surface area contributed by atoms with E-state index in [1.54, 1.807) is 6.92 Å². The number of benzene rings is 1. The Bertz CT molecular complexity index is 447. The molecule has 20 heavy (non-hydrogen) atoms. The minimum Gasteiger partial charge on any atom is -0.466 e. The molecule has 0 saturated heterocycles. The van der Waals surface area contributed by atoms with Crippen LogP contribution in [0.1, 0.15) is 24.9 Å². The summed E-state index contributed by atoms with van der Waals surface area (Å²) in [6, 6.07) is 3.39. The first-order valence-electron chi connectivity index (χ1n) is 5.60. The largest absolute Gasteiger partial charge is 0.466 e. The van der Waals surface area contributed by atoms with Gasteiger partial charge in [-0.25, -0.2) is 0 Å². The number of carbonyl (C=O) groups excluding carboxylic acids is 1. The maximum absolute atomic E-state index is 12.3. The molecular weight excluding hydrogens is 315 g/mol. The van der Waals surface area contributed by atoms with Crippen LogP contribution in [0.25, 0.3) is 0 Å². The molecule has 8 heteroatoms. The Morgan fingerprint density at radius 3 is 2.65 bits per heavy atom. The maximum Gasteiger partial charge on any atom is 0.387 e. The van der Waals surface area contributed by atoms with Gasteiger partial charge in [-0.1, -0.05) is 17.7 Å². The predicted octanol–water partition coefficient (Wildman–Crippen LogP) is 3.32. The Morgan fingerprint density at radius 1 is 1.45 bits per heavy atom. The van der Waals surface area contributed by atoms with E-state index in [1.807, 2.05) is 0 Å². The summed E-state index contributed by atoms with van der Waals surface area (Å²) in [5.41, 5.74) is 5.96. The number of esters is 1. The topological polar surface area (TPSA) is 61.5 Å². The fourth-order valence-electron chi connectivity index (χ4n) is 1.58. The molecule has 0 aliphatic heterocycles. The van der Waals surface area contributed by atoms with E-state index >= 15 is 0 Å². The third-order valence-electron chi connectivity index (χ3n) is 2.29. The number of rotatable bonds is 6. The van der Waals surface area contributed by atoms with Gasteiger partial charge in [-0.15, -0.1) is 12.4 Å². The quantitative estimate of drug-likeness (QED) is 0.813. The number of hydrogen-bond acceptors (Lipinski definition) is 4. The van der Waals surface area contributed by atoms with E-state index in [1.165, 1.54) is 18.2 Å². The normalized spacial score (nSPS) is 11.7. The summed E-state index contributed by atoms with van der Waals surface area (Å²) in [6.07, 6.45) is -0.169. The Balaban J connectivity index is 0.00000361. The highest BCUT2D eigenvalue weighted by molar-refractivity contribution is 6.31. The van der Waals surface area contributed by atoms with Crippen LogP contribution in [0.3, 0.4) is 0 Å². The summed E-state index contributed by atoms with van der Waals surface area (Å²) in [5.74, 6) is -0.669. The van der Waals surface area contributed by atoms with Gasteiger partial charge in [-0.2, -0.15) is 8.78 Å². The molecule has 0 aromatic heterocycles. The number of halogens is 4. The molecule has 0 bridgehead atoms. The molecule has 0 amide bonds. The van der Waals surface area contributed by atoms with Gasteiger partial charge in [0.1, 0.15) is 5.75 Å². The molecular formula is C12H15Cl2F2NO3. The highest BCUT2D eigenvalue weighted by atomic mass is 35.5. The number of hydrogen-bond donors (Lipinski definition) is 1. The summed E-state index contributed by atoms with van der Waals surface area (Å²) >= 11 is 5.91. The zero-order valence-corrected chi connectivity index (χ0v) is 12.2. The third-order valence-corrected chi connectivity index (χ3v) is 2.62. The molecule has 0 unspecified atom stereocenters. The van der Waals surface area contributed by atoms with Crippen LogP contribution in [0.4, 0.5) is 8.78 Å². The van der Waals surface area contributed by atoms with Crippen LogP contribution < -0.4 is 10.5 Å².